The van der Waals surface area contributed by atoms with Crippen LogP contribution in [0.1, 0.15) is 27.6 Å². The minimum absolute atomic E-state index is 0.143. The van der Waals surface area contributed by atoms with E-state index >= 15 is 0 Å². The molecule has 6 N–H and O–H groups in total. The lowest BCUT2D eigenvalue weighted by Crippen LogP contribution is -2.14. The number of carboxylic acid groups (broad SMARTS) is 2. The van der Waals surface area contributed by atoms with Gasteiger partial charge in [0.25, 0.3) is 5.91 Å². The number of aliphatic hydroxyl groups is 1. The number of nitrogens with one attached hydrogen (secondary N) is 3. The smallest absolute Gasteiger partial charge is 0.335 e. The molecule has 0 aliphatic rings. The number of allylic oxidation sites excluding steroid dienone is 1. The molecule has 0 atom stereocenters. The Morgan fingerprint density at radius 3 is 2.10 bits per heavy atom. The molecule has 0 bridgehead atoms. The van der Waals surface area contributed by atoms with Gasteiger partial charge in [0.1, 0.15) is 5.76 Å². The van der Waals surface area contributed by atoms with Crippen LogP contribution in [0.4, 0.5) is 11.4 Å². The van der Waals surface area contributed by atoms with Crippen LogP contribution in [0.3, 0.4) is 0 Å². The first-order chi connectivity index (χ1) is 14.6. The molecule has 0 radical (unpaired) electrons. The summed E-state index contributed by atoms with van der Waals surface area (Å²) in [6.07, 6.45) is 0. The molecule has 0 saturated carbocycles. The number of aromatic amines is 2. The normalized spacial score (nSPS) is 12.0. The average molecular weight is 425 g/mol. The Morgan fingerprint density at radius 2 is 1.52 bits per heavy atom. The van der Waals surface area contributed by atoms with Gasteiger partial charge < -0.3 is 30.6 Å². The van der Waals surface area contributed by atoms with Gasteiger partial charge in [0, 0.05) is 5.69 Å². The van der Waals surface area contributed by atoms with E-state index in [9.17, 15) is 24.3 Å². The Bertz CT molecular complexity index is 1300. The maximum Gasteiger partial charge on any atom is 0.335 e. The van der Waals surface area contributed by atoms with Gasteiger partial charge in [-0.3, -0.25) is 4.79 Å². The fourth-order valence-electron chi connectivity index (χ4n) is 2.61. The highest BCUT2D eigenvalue weighted by Gasteiger charge is 2.15. The second-order valence-corrected chi connectivity index (χ2v) is 6.31. The Labute approximate surface area is 172 Å². The second kappa shape index (κ2) is 8.32. The predicted molar refractivity (Wildman–Crippen MR) is 108 cm³/mol. The van der Waals surface area contributed by atoms with Crippen molar-refractivity contribution < 1.29 is 29.7 Å². The molecule has 0 aliphatic heterocycles. The Hall–Kier alpha value is -4.74. The fourth-order valence-corrected chi connectivity index (χ4v) is 2.61. The Balaban J connectivity index is 1.88. The SMILES string of the molecule is CC(O)=C(N=Nc1cc(C(=O)O)cc(C(=O)O)c1)C(=O)Nc1ccc2[nH]c(=O)[nH]c2c1. The van der Waals surface area contributed by atoms with Crippen LogP contribution in [0.5, 0.6) is 0 Å². The Kier molecular flexibility index (Phi) is 5.63. The molecule has 12 heteroatoms. The summed E-state index contributed by atoms with van der Waals surface area (Å²) in [6.45, 7) is 1.19. The minimum Gasteiger partial charge on any atom is -0.510 e. The molecule has 1 aromatic heterocycles. The van der Waals surface area contributed by atoms with Gasteiger partial charge in [0.2, 0.25) is 0 Å². The number of aliphatic hydroxyl groups excluding tert-OH is 1. The third-order valence-electron chi connectivity index (χ3n) is 4.01. The number of azo groups is 1. The zero-order valence-electron chi connectivity index (χ0n) is 15.8. The molecule has 1 heterocycles. The average Bonchev–Trinajstić information content (AvgIpc) is 3.06. The number of carbonyl (C=O) groups excluding carboxylic acids is 1. The molecular weight excluding hydrogens is 410 g/mol. The summed E-state index contributed by atoms with van der Waals surface area (Å²) >= 11 is 0. The second-order valence-electron chi connectivity index (χ2n) is 6.31. The molecule has 0 spiro atoms. The van der Waals surface area contributed by atoms with E-state index in [1.54, 1.807) is 6.07 Å². The van der Waals surface area contributed by atoms with Crippen molar-refractivity contribution in [3.63, 3.8) is 0 Å². The lowest BCUT2D eigenvalue weighted by atomic mass is 10.1. The van der Waals surface area contributed by atoms with E-state index in [0.29, 0.717) is 16.7 Å². The molecule has 0 unspecified atom stereocenters. The van der Waals surface area contributed by atoms with E-state index in [1.807, 2.05) is 0 Å². The molecular formula is C19H15N5O7. The van der Waals surface area contributed by atoms with E-state index < -0.39 is 35.0 Å². The number of hydrogen-bond acceptors (Lipinski definition) is 7. The number of H-pyrrole nitrogens is 2. The van der Waals surface area contributed by atoms with Crippen LogP contribution in [-0.4, -0.2) is 43.1 Å². The van der Waals surface area contributed by atoms with E-state index in [1.165, 1.54) is 19.1 Å². The van der Waals surface area contributed by atoms with Gasteiger partial charge in [-0.05, 0) is 43.3 Å². The van der Waals surface area contributed by atoms with Gasteiger partial charge in [-0.1, -0.05) is 0 Å². The van der Waals surface area contributed by atoms with Crippen LogP contribution in [0.15, 0.2) is 62.9 Å². The molecule has 0 saturated heterocycles. The summed E-state index contributed by atoms with van der Waals surface area (Å²) in [5, 5.41) is 37.9. The summed E-state index contributed by atoms with van der Waals surface area (Å²) in [7, 11) is 0. The number of benzene rings is 2. The van der Waals surface area contributed by atoms with Gasteiger partial charge in [-0.2, -0.15) is 5.11 Å². The van der Waals surface area contributed by atoms with E-state index in [2.05, 4.69) is 25.5 Å². The number of amides is 1. The maximum absolute atomic E-state index is 12.5. The fraction of sp³-hybridized carbons (Fsp3) is 0.0526. The number of aromatic nitrogens is 2. The van der Waals surface area contributed by atoms with Crippen molar-refractivity contribution in [2.45, 2.75) is 6.92 Å². The number of carbonyl (C=O) groups is 3. The molecule has 3 aromatic rings. The lowest BCUT2D eigenvalue weighted by molar-refractivity contribution is -0.113. The van der Waals surface area contributed by atoms with Crippen molar-refractivity contribution in [3.05, 3.63) is 69.5 Å². The highest BCUT2D eigenvalue weighted by atomic mass is 16.4. The first-order valence-electron chi connectivity index (χ1n) is 8.60. The Morgan fingerprint density at radius 1 is 0.903 bits per heavy atom. The molecule has 0 fully saturated rings. The highest BCUT2D eigenvalue weighted by Crippen LogP contribution is 2.21. The van der Waals surface area contributed by atoms with Gasteiger partial charge in [-0.25, -0.2) is 14.4 Å². The molecule has 1 amide bonds. The van der Waals surface area contributed by atoms with Crippen molar-refractivity contribution in [2.75, 3.05) is 5.32 Å². The number of imidazole rings is 1. The lowest BCUT2D eigenvalue weighted by Gasteiger charge is -2.06. The highest BCUT2D eigenvalue weighted by molar-refractivity contribution is 6.04. The molecule has 2 aromatic carbocycles. The zero-order valence-corrected chi connectivity index (χ0v) is 15.8. The van der Waals surface area contributed by atoms with Crippen molar-refractivity contribution in [3.8, 4) is 0 Å². The van der Waals surface area contributed by atoms with Gasteiger partial charge in [0.15, 0.2) is 5.70 Å². The molecule has 12 nitrogen and oxygen atoms in total. The topological polar surface area (TPSA) is 197 Å². The van der Waals surface area contributed by atoms with E-state index in [-0.39, 0.29) is 16.8 Å². The summed E-state index contributed by atoms with van der Waals surface area (Å²) in [6, 6.07) is 7.65. The maximum atomic E-state index is 12.5. The van der Waals surface area contributed by atoms with Crippen LogP contribution in [0.25, 0.3) is 11.0 Å². The van der Waals surface area contributed by atoms with Crippen molar-refractivity contribution in [1.82, 2.24) is 9.97 Å². The van der Waals surface area contributed by atoms with Crippen LogP contribution in [0.2, 0.25) is 0 Å². The molecule has 31 heavy (non-hydrogen) atoms. The van der Waals surface area contributed by atoms with Gasteiger partial charge in [0.05, 0.1) is 27.8 Å². The third kappa shape index (κ3) is 4.82. The van der Waals surface area contributed by atoms with Crippen molar-refractivity contribution in [1.29, 1.82) is 0 Å². The number of fused-ring (bicyclic) bond motifs is 1. The molecule has 0 aliphatic carbocycles. The predicted octanol–water partition coefficient (Wildman–Crippen LogP) is 2.76. The number of carboxylic acids is 2. The summed E-state index contributed by atoms with van der Waals surface area (Å²) in [5.41, 5.74) is -0.440. The number of nitrogens with zero attached hydrogens (tertiary/aromatic N) is 2. The number of hydrogen-bond donors (Lipinski definition) is 6. The molecule has 158 valence electrons. The first kappa shape index (κ1) is 21.0. The summed E-state index contributed by atoms with van der Waals surface area (Å²) < 4.78 is 0. The zero-order chi connectivity index (χ0) is 22.7. The van der Waals surface area contributed by atoms with Gasteiger partial charge >= 0.3 is 17.6 Å². The van der Waals surface area contributed by atoms with Crippen molar-refractivity contribution in [2.24, 2.45) is 10.2 Å². The van der Waals surface area contributed by atoms with E-state index in [0.717, 1.165) is 18.2 Å². The summed E-state index contributed by atoms with van der Waals surface area (Å²) in [4.78, 5) is 51.3. The number of rotatable bonds is 6. The summed E-state index contributed by atoms with van der Waals surface area (Å²) in [5.74, 6) is -4.06. The largest absolute Gasteiger partial charge is 0.510 e. The van der Waals surface area contributed by atoms with Crippen LogP contribution in [-0.2, 0) is 4.79 Å². The quantitative estimate of drug-likeness (QED) is 0.198. The van der Waals surface area contributed by atoms with Crippen LogP contribution in [0, 0.1) is 0 Å². The minimum atomic E-state index is -1.37. The number of aromatic carboxylic acids is 2. The van der Waals surface area contributed by atoms with Crippen LogP contribution < -0.4 is 11.0 Å². The third-order valence-corrected chi connectivity index (χ3v) is 4.01. The standard InChI is InChI=1S/C19H15N5O7/c1-8(25)15(16(26)20-11-2-3-13-14(7-11)22-19(31)21-13)24-23-12-5-9(17(27)28)4-10(6-12)18(29)30/h2-7,25H,1H3,(H,20,26)(H,27,28)(H,29,30)(H2,21,22,31). The molecule has 3 rings (SSSR count). The van der Waals surface area contributed by atoms with Crippen LogP contribution >= 0.6 is 0 Å². The van der Waals surface area contributed by atoms with Crippen molar-refractivity contribution >= 4 is 40.3 Å². The number of anilines is 1. The van der Waals surface area contributed by atoms with E-state index in [4.69, 9.17) is 10.2 Å². The van der Waals surface area contributed by atoms with Gasteiger partial charge in [-0.15, -0.1) is 5.11 Å². The monoisotopic (exact) mass is 425 g/mol. The first-order valence-corrected chi connectivity index (χ1v) is 8.60.